The molecule has 0 radical (unpaired) electrons. The van der Waals surface area contributed by atoms with Crippen LogP contribution in [0.3, 0.4) is 0 Å². The van der Waals surface area contributed by atoms with Crippen molar-refractivity contribution in [2.24, 2.45) is 10.7 Å². The largest absolute Gasteiger partial charge is 0.485 e. The van der Waals surface area contributed by atoms with Crippen LogP contribution in [0.25, 0.3) is 0 Å². The monoisotopic (exact) mass is 407 g/mol. The minimum Gasteiger partial charge on any atom is -0.485 e. The fraction of sp³-hybridized carbons (Fsp3) is 0.400. The number of nitrogens with one attached hydrogen (secondary N) is 1. The third kappa shape index (κ3) is 7.89. The Bertz CT molecular complexity index is 480. The van der Waals surface area contributed by atoms with E-state index in [9.17, 15) is 4.39 Å². The van der Waals surface area contributed by atoms with Crippen molar-refractivity contribution in [3.63, 3.8) is 0 Å². The van der Waals surface area contributed by atoms with Crippen molar-refractivity contribution >= 4 is 29.9 Å². The molecule has 118 valence electrons. The predicted molar refractivity (Wildman–Crippen MR) is 95.8 cm³/mol. The molecule has 1 aromatic carbocycles. The number of aliphatic imine (C=N–C) groups is 1. The molecule has 0 amide bonds. The highest BCUT2D eigenvalue weighted by molar-refractivity contribution is 14.0. The van der Waals surface area contributed by atoms with Gasteiger partial charge in [0.1, 0.15) is 6.10 Å². The topological polar surface area (TPSA) is 59.6 Å². The molecule has 0 fully saturated rings. The van der Waals surface area contributed by atoms with E-state index in [0.717, 1.165) is 5.57 Å². The quantitative estimate of drug-likeness (QED) is 0.316. The Labute approximate surface area is 142 Å². The molecule has 0 heterocycles. The zero-order valence-electron chi connectivity index (χ0n) is 12.4. The molecule has 0 bridgehead atoms. The van der Waals surface area contributed by atoms with Gasteiger partial charge in [-0.25, -0.2) is 9.38 Å². The van der Waals surface area contributed by atoms with Crippen molar-refractivity contribution in [2.75, 3.05) is 13.1 Å². The third-order valence-corrected chi connectivity index (χ3v) is 2.62. The first-order valence-corrected chi connectivity index (χ1v) is 6.62. The number of nitrogens with zero attached hydrogens (tertiary/aromatic N) is 1. The molecule has 1 aromatic rings. The van der Waals surface area contributed by atoms with Gasteiger partial charge in [0.2, 0.25) is 0 Å². The molecule has 0 spiro atoms. The van der Waals surface area contributed by atoms with Crippen molar-refractivity contribution < 1.29 is 9.13 Å². The summed E-state index contributed by atoms with van der Waals surface area (Å²) in [5.41, 5.74) is 6.69. The van der Waals surface area contributed by atoms with E-state index < -0.39 is 0 Å². The minimum absolute atomic E-state index is 0. The van der Waals surface area contributed by atoms with Gasteiger partial charge in [-0.3, -0.25) is 0 Å². The molecule has 0 aliphatic heterocycles. The van der Waals surface area contributed by atoms with Crippen molar-refractivity contribution in [3.8, 4) is 5.75 Å². The maximum absolute atomic E-state index is 13.5. The maximum atomic E-state index is 13.5. The SMILES string of the molecule is C=C(C)CNC(N)=NCC(CC)Oc1ccccc1F.I. The highest BCUT2D eigenvalue weighted by Crippen LogP contribution is 2.18. The lowest BCUT2D eigenvalue weighted by atomic mass is 10.2. The van der Waals surface area contributed by atoms with Crippen LogP contribution < -0.4 is 15.8 Å². The lowest BCUT2D eigenvalue weighted by molar-refractivity contribution is 0.197. The van der Waals surface area contributed by atoms with E-state index in [1.807, 2.05) is 13.8 Å². The van der Waals surface area contributed by atoms with Gasteiger partial charge in [0, 0.05) is 6.54 Å². The smallest absolute Gasteiger partial charge is 0.188 e. The average molecular weight is 407 g/mol. The first kappa shape index (κ1) is 19.7. The van der Waals surface area contributed by atoms with Crippen LogP contribution in [-0.4, -0.2) is 25.2 Å². The van der Waals surface area contributed by atoms with Gasteiger partial charge in [-0.15, -0.1) is 24.0 Å². The van der Waals surface area contributed by atoms with Crippen LogP contribution in [-0.2, 0) is 0 Å². The van der Waals surface area contributed by atoms with Crippen LogP contribution in [0, 0.1) is 5.82 Å². The van der Waals surface area contributed by atoms with Gasteiger partial charge in [-0.1, -0.05) is 31.2 Å². The molecule has 1 rings (SSSR count). The fourth-order valence-corrected chi connectivity index (χ4v) is 1.47. The molecule has 1 atom stereocenters. The first-order chi connectivity index (χ1) is 9.52. The minimum atomic E-state index is -0.372. The summed E-state index contributed by atoms with van der Waals surface area (Å²) in [5.74, 6) is 0.204. The summed E-state index contributed by atoms with van der Waals surface area (Å²) in [6, 6.07) is 6.33. The molecule has 0 aliphatic carbocycles. The van der Waals surface area contributed by atoms with E-state index in [0.29, 0.717) is 25.5 Å². The molecule has 0 saturated carbocycles. The molecular formula is C15H23FIN3O. The lowest BCUT2D eigenvalue weighted by Gasteiger charge is -2.16. The van der Waals surface area contributed by atoms with Gasteiger partial charge in [0.15, 0.2) is 17.5 Å². The molecular weight excluding hydrogens is 384 g/mol. The molecule has 6 heteroatoms. The normalized spacial score (nSPS) is 12.2. The van der Waals surface area contributed by atoms with Gasteiger partial charge in [-0.05, 0) is 25.5 Å². The Morgan fingerprint density at radius 3 is 2.71 bits per heavy atom. The Balaban J connectivity index is 0.00000400. The van der Waals surface area contributed by atoms with Crippen molar-refractivity contribution in [3.05, 3.63) is 42.2 Å². The van der Waals surface area contributed by atoms with Gasteiger partial charge < -0.3 is 15.8 Å². The third-order valence-electron chi connectivity index (χ3n) is 2.62. The van der Waals surface area contributed by atoms with Crippen LogP contribution >= 0.6 is 24.0 Å². The summed E-state index contributed by atoms with van der Waals surface area (Å²) < 4.78 is 19.1. The summed E-state index contributed by atoms with van der Waals surface area (Å²) in [7, 11) is 0. The van der Waals surface area contributed by atoms with Crippen LogP contribution in [0.4, 0.5) is 4.39 Å². The Morgan fingerprint density at radius 1 is 1.48 bits per heavy atom. The zero-order valence-corrected chi connectivity index (χ0v) is 14.8. The van der Waals surface area contributed by atoms with E-state index in [-0.39, 0.29) is 41.6 Å². The van der Waals surface area contributed by atoms with E-state index >= 15 is 0 Å². The highest BCUT2D eigenvalue weighted by Gasteiger charge is 2.10. The highest BCUT2D eigenvalue weighted by atomic mass is 127. The summed E-state index contributed by atoms with van der Waals surface area (Å²) in [6.07, 6.45) is 0.503. The number of nitrogens with two attached hydrogens (primary N) is 1. The Kier molecular flexibility index (Phi) is 9.77. The van der Waals surface area contributed by atoms with Crippen LogP contribution in [0.15, 0.2) is 41.4 Å². The number of hydrogen-bond donors (Lipinski definition) is 2. The fourth-order valence-electron chi connectivity index (χ4n) is 1.47. The number of halogens is 2. The first-order valence-electron chi connectivity index (χ1n) is 6.62. The maximum Gasteiger partial charge on any atom is 0.188 e. The lowest BCUT2D eigenvalue weighted by Crippen LogP contribution is -2.34. The Morgan fingerprint density at radius 2 is 2.14 bits per heavy atom. The van der Waals surface area contributed by atoms with E-state index in [1.54, 1.807) is 18.2 Å². The number of benzene rings is 1. The Hall–Kier alpha value is -1.31. The van der Waals surface area contributed by atoms with Crippen LogP contribution in [0.1, 0.15) is 20.3 Å². The average Bonchev–Trinajstić information content (AvgIpc) is 2.43. The van der Waals surface area contributed by atoms with Gasteiger partial charge in [0.05, 0.1) is 6.54 Å². The molecule has 1 unspecified atom stereocenters. The second-order valence-electron chi connectivity index (χ2n) is 4.62. The molecule has 0 aliphatic rings. The molecule has 0 saturated heterocycles. The van der Waals surface area contributed by atoms with Crippen LogP contribution in [0.5, 0.6) is 5.75 Å². The number of para-hydroxylation sites is 1. The summed E-state index contributed by atoms with van der Waals surface area (Å²) in [6.45, 7) is 8.58. The van der Waals surface area contributed by atoms with Gasteiger partial charge >= 0.3 is 0 Å². The molecule has 0 aromatic heterocycles. The molecule has 3 N–H and O–H groups in total. The standard InChI is InChI=1S/C15H22FN3O.HI/c1-4-12(10-19-15(17)18-9-11(2)3)20-14-8-6-5-7-13(14)16;/h5-8,12H,2,4,9-10H2,1,3H3,(H3,17,18,19);1H. The number of ether oxygens (including phenoxy) is 1. The summed E-state index contributed by atoms with van der Waals surface area (Å²) >= 11 is 0. The number of hydrogen-bond acceptors (Lipinski definition) is 2. The van der Waals surface area contributed by atoms with Crippen molar-refractivity contribution in [2.45, 2.75) is 26.4 Å². The van der Waals surface area contributed by atoms with E-state index in [4.69, 9.17) is 10.5 Å². The second-order valence-corrected chi connectivity index (χ2v) is 4.62. The van der Waals surface area contributed by atoms with Crippen LogP contribution in [0.2, 0.25) is 0 Å². The summed E-state index contributed by atoms with van der Waals surface area (Å²) in [4.78, 5) is 4.19. The molecule has 4 nitrogen and oxygen atoms in total. The van der Waals surface area contributed by atoms with Crippen molar-refractivity contribution in [1.82, 2.24) is 5.32 Å². The predicted octanol–water partition coefficient (Wildman–Crippen LogP) is 3.08. The second kappa shape index (κ2) is 10.4. The van der Waals surface area contributed by atoms with Gasteiger partial charge in [-0.2, -0.15) is 0 Å². The number of rotatable bonds is 7. The van der Waals surface area contributed by atoms with E-state index in [1.165, 1.54) is 6.07 Å². The number of guanidine groups is 1. The van der Waals surface area contributed by atoms with Crippen molar-refractivity contribution in [1.29, 1.82) is 0 Å². The van der Waals surface area contributed by atoms with E-state index in [2.05, 4.69) is 16.9 Å². The van der Waals surface area contributed by atoms with Gasteiger partial charge in [0.25, 0.3) is 0 Å². The molecule has 21 heavy (non-hydrogen) atoms. The summed E-state index contributed by atoms with van der Waals surface area (Å²) in [5, 5.41) is 2.94. The zero-order chi connectivity index (χ0) is 15.0.